The van der Waals surface area contributed by atoms with Crippen molar-refractivity contribution in [3.63, 3.8) is 0 Å². The van der Waals surface area contributed by atoms with Crippen molar-refractivity contribution < 1.29 is 28.2 Å². The summed E-state index contributed by atoms with van der Waals surface area (Å²) >= 11 is 0. The summed E-state index contributed by atoms with van der Waals surface area (Å²) in [6, 6.07) is 3.85. The summed E-state index contributed by atoms with van der Waals surface area (Å²) in [7, 11) is 0. The molecule has 0 aliphatic carbocycles. The number of carboxylic acid groups (broad SMARTS) is 1. The Labute approximate surface area is 104 Å². The lowest BCUT2D eigenvalue weighted by Gasteiger charge is -2.09. The van der Waals surface area contributed by atoms with Crippen LogP contribution >= 0.6 is 0 Å². The molecule has 8 heteroatoms. The van der Waals surface area contributed by atoms with E-state index in [0.29, 0.717) is 0 Å². The third-order valence-electron chi connectivity index (χ3n) is 2.59. The van der Waals surface area contributed by atoms with Crippen LogP contribution in [0.4, 0.5) is 13.2 Å². The number of imidazole rings is 1. The van der Waals surface area contributed by atoms with Crippen LogP contribution in [0, 0.1) is 0 Å². The van der Waals surface area contributed by atoms with E-state index in [1.54, 1.807) is 0 Å². The van der Waals surface area contributed by atoms with E-state index in [0.717, 1.165) is 4.57 Å². The number of aromatic nitrogens is 2. The maximum Gasteiger partial charge on any atom is 0.449 e. The van der Waals surface area contributed by atoms with E-state index < -0.39 is 24.6 Å². The fourth-order valence-corrected chi connectivity index (χ4v) is 1.86. The van der Waals surface area contributed by atoms with E-state index in [-0.39, 0.29) is 23.1 Å². The fraction of sp³-hybridized carbons (Fsp3) is 0.273. The molecule has 1 aromatic heterocycles. The SMILES string of the molecule is O=C(O)c1cccc2c1nc(C(F)(F)F)n2CCO. The highest BCUT2D eigenvalue weighted by Crippen LogP contribution is 2.32. The zero-order valence-corrected chi connectivity index (χ0v) is 9.48. The summed E-state index contributed by atoms with van der Waals surface area (Å²) in [5.74, 6) is -2.57. The van der Waals surface area contributed by atoms with Gasteiger partial charge in [0.25, 0.3) is 0 Å². The normalized spacial score (nSPS) is 12.0. The smallest absolute Gasteiger partial charge is 0.449 e. The Morgan fingerprint density at radius 1 is 1.37 bits per heavy atom. The Morgan fingerprint density at radius 2 is 2.05 bits per heavy atom. The van der Waals surface area contributed by atoms with Crippen LogP contribution in [0.3, 0.4) is 0 Å². The van der Waals surface area contributed by atoms with Gasteiger partial charge in [-0.15, -0.1) is 0 Å². The number of hydrogen-bond acceptors (Lipinski definition) is 3. The Morgan fingerprint density at radius 3 is 2.58 bits per heavy atom. The second-order valence-electron chi connectivity index (χ2n) is 3.79. The van der Waals surface area contributed by atoms with Crippen LogP contribution in [-0.4, -0.2) is 32.3 Å². The van der Waals surface area contributed by atoms with Crippen LogP contribution in [0.25, 0.3) is 11.0 Å². The zero-order chi connectivity index (χ0) is 14.2. The minimum absolute atomic E-state index is 0.0290. The maximum atomic E-state index is 12.8. The maximum absolute atomic E-state index is 12.8. The van der Waals surface area contributed by atoms with E-state index in [4.69, 9.17) is 10.2 Å². The van der Waals surface area contributed by atoms with Gasteiger partial charge in [-0.2, -0.15) is 13.2 Å². The first kappa shape index (κ1) is 13.3. The Kier molecular flexibility index (Phi) is 3.19. The summed E-state index contributed by atoms with van der Waals surface area (Å²) in [4.78, 5) is 14.3. The molecule has 0 bridgehead atoms. The second kappa shape index (κ2) is 4.54. The number of nitrogens with zero attached hydrogens (tertiary/aromatic N) is 2. The third kappa shape index (κ3) is 2.26. The first-order valence-corrected chi connectivity index (χ1v) is 5.27. The predicted molar refractivity (Wildman–Crippen MR) is 58.8 cm³/mol. The molecule has 102 valence electrons. The van der Waals surface area contributed by atoms with Gasteiger partial charge in [0.15, 0.2) is 0 Å². The molecule has 0 aliphatic heterocycles. The van der Waals surface area contributed by atoms with E-state index >= 15 is 0 Å². The average molecular weight is 274 g/mol. The molecule has 0 saturated carbocycles. The minimum Gasteiger partial charge on any atom is -0.478 e. The molecule has 0 atom stereocenters. The van der Waals surface area contributed by atoms with Gasteiger partial charge in [0.2, 0.25) is 5.82 Å². The van der Waals surface area contributed by atoms with Crippen molar-refractivity contribution in [2.75, 3.05) is 6.61 Å². The van der Waals surface area contributed by atoms with Crippen molar-refractivity contribution in [2.24, 2.45) is 0 Å². The summed E-state index contributed by atoms with van der Waals surface area (Å²) in [6.07, 6.45) is -4.72. The summed E-state index contributed by atoms with van der Waals surface area (Å²) < 4.78 is 39.3. The monoisotopic (exact) mass is 274 g/mol. The number of carbonyl (C=O) groups is 1. The standard InChI is InChI=1S/C11H9F3N2O3/c12-11(13,14)10-15-8-6(9(18)19)2-1-3-7(8)16(10)4-5-17/h1-3,17H,4-5H2,(H,18,19). The first-order valence-electron chi connectivity index (χ1n) is 5.27. The third-order valence-corrected chi connectivity index (χ3v) is 2.59. The van der Waals surface area contributed by atoms with Gasteiger partial charge < -0.3 is 14.8 Å². The van der Waals surface area contributed by atoms with Crippen LogP contribution < -0.4 is 0 Å². The molecular weight excluding hydrogens is 265 g/mol. The fourth-order valence-electron chi connectivity index (χ4n) is 1.86. The molecule has 1 heterocycles. The van der Waals surface area contributed by atoms with Crippen molar-refractivity contribution in [3.8, 4) is 0 Å². The molecule has 2 aromatic rings. The van der Waals surface area contributed by atoms with Crippen molar-refractivity contribution in [1.82, 2.24) is 9.55 Å². The molecule has 0 aliphatic rings. The van der Waals surface area contributed by atoms with Crippen molar-refractivity contribution in [2.45, 2.75) is 12.7 Å². The van der Waals surface area contributed by atoms with Crippen LogP contribution in [0.1, 0.15) is 16.2 Å². The summed E-state index contributed by atoms with van der Waals surface area (Å²) in [5, 5.41) is 17.8. The van der Waals surface area contributed by atoms with Gasteiger partial charge in [-0.3, -0.25) is 0 Å². The highest BCUT2D eigenvalue weighted by Gasteiger charge is 2.38. The lowest BCUT2D eigenvalue weighted by atomic mass is 10.2. The number of carboxylic acids is 1. The number of aliphatic hydroxyl groups excluding tert-OH is 1. The molecule has 0 saturated heterocycles. The van der Waals surface area contributed by atoms with E-state index in [9.17, 15) is 18.0 Å². The molecule has 19 heavy (non-hydrogen) atoms. The molecule has 2 N–H and O–H groups in total. The highest BCUT2D eigenvalue weighted by molar-refractivity contribution is 6.01. The lowest BCUT2D eigenvalue weighted by Crippen LogP contribution is -2.16. The molecule has 1 aromatic carbocycles. The van der Waals surface area contributed by atoms with E-state index in [2.05, 4.69) is 4.98 Å². The Bertz CT molecular complexity index is 634. The molecule has 2 rings (SSSR count). The van der Waals surface area contributed by atoms with Gasteiger partial charge in [0, 0.05) is 6.54 Å². The molecule has 0 spiro atoms. The quantitative estimate of drug-likeness (QED) is 0.894. The number of para-hydroxylation sites is 1. The van der Waals surface area contributed by atoms with Crippen LogP contribution in [-0.2, 0) is 12.7 Å². The van der Waals surface area contributed by atoms with Crippen LogP contribution in [0.15, 0.2) is 18.2 Å². The van der Waals surface area contributed by atoms with E-state index in [1.165, 1.54) is 18.2 Å². The average Bonchev–Trinajstić information content (AvgIpc) is 2.68. The molecule has 0 unspecified atom stereocenters. The van der Waals surface area contributed by atoms with Crippen molar-refractivity contribution in [3.05, 3.63) is 29.6 Å². The lowest BCUT2D eigenvalue weighted by molar-refractivity contribution is -0.147. The van der Waals surface area contributed by atoms with Crippen LogP contribution in [0.5, 0.6) is 0 Å². The number of hydrogen-bond donors (Lipinski definition) is 2. The predicted octanol–water partition coefficient (Wildman–Crippen LogP) is 1.75. The summed E-state index contributed by atoms with van der Waals surface area (Å²) in [5.41, 5.74) is -0.517. The first-order chi connectivity index (χ1) is 8.86. The van der Waals surface area contributed by atoms with Gasteiger partial charge >= 0.3 is 12.1 Å². The van der Waals surface area contributed by atoms with Crippen LogP contribution in [0.2, 0.25) is 0 Å². The highest BCUT2D eigenvalue weighted by atomic mass is 19.4. The van der Waals surface area contributed by atoms with Gasteiger partial charge in [-0.25, -0.2) is 9.78 Å². The molecule has 0 fully saturated rings. The van der Waals surface area contributed by atoms with Gasteiger partial charge in [0.1, 0.15) is 5.52 Å². The number of alkyl halides is 3. The van der Waals surface area contributed by atoms with E-state index in [1.807, 2.05) is 0 Å². The van der Waals surface area contributed by atoms with Crippen molar-refractivity contribution in [1.29, 1.82) is 0 Å². The number of halogens is 3. The summed E-state index contributed by atoms with van der Waals surface area (Å²) in [6.45, 7) is -0.819. The molecule has 0 radical (unpaired) electrons. The molecule has 0 amide bonds. The number of aliphatic hydroxyl groups is 1. The number of aromatic carboxylic acids is 1. The number of benzene rings is 1. The number of rotatable bonds is 3. The van der Waals surface area contributed by atoms with Gasteiger partial charge in [-0.1, -0.05) is 6.07 Å². The topological polar surface area (TPSA) is 75.3 Å². The largest absolute Gasteiger partial charge is 0.478 e. The van der Waals surface area contributed by atoms with Gasteiger partial charge in [-0.05, 0) is 12.1 Å². The van der Waals surface area contributed by atoms with Gasteiger partial charge in [0.05, 0.1) is 17.7 Å². The minimum atomic E-state index is -4.72. The zero-order valence-electron chi connectivity index (χ0n) is 9.48. The molecule has 5 nitrogen and oxygen atoms in total. The molecular formula is C11H9F3N2O3. The second-order valence-corrected chi connectivity index (χ2v) is 3.79. The Hall–Kier alpha value is -2.09. The Balaban J connectivity index is 2.80. The van der Waals surface area contributed by atoms with Crippen molar-refractivity contribution >= 4 is 17.0 Å². The number of fused-ring (bicyclic) bond motifs is 1.